The Bertz CT molecular complexity index is 1030. The number of epoxide rings is 2. The summed E-state index contributed by atoms with van der Waals surface area (Å²) in [6.45, 7) is 6.92. The zero-order valence-corrected chi connectivity index (χ0v) is 23.2. The Balaban J connectivity index is 1.46. The lowest BCUT2D eigenvalue weighted by atomic mass is 9.68. The second-order valence-electron chi connectivity index (χ2n) is 10.5. The van der Waals surface area contributed by atoms with Gasteiger partial charge in [-0.1, -0.05) is 11.6 Å². The lowest BCUT2D eigenvalue weighted by molar-refractivity contribution is -0.166. The van der Waals surface area contributed by atoms with Gasteiger partial charge in [-0.05, 0) is 63.8 Å². The summed E-state index contributed by atoms with van der Waals surface area (Å²) in [6, 6.07) is 3.44. The summed E-state index contributed by atoms with van der Waals surface area (Å²) in [4.78, 5) is 12.9. The van der Waals surface area contributed by atoms with Crippen LogP contribution in [0.4, 0.5) is 0 Å². The van der Waals surface area contributed by atoms with Crippen molar-refractivity contribution in [2.24, 2.45) is 5.92 Å². The van der Waals surface area contributed by atoms with Gasteiger partial charge in [0, 0.05) is 13.2 Å². The van der Waals surface area contributed by atoms with Crippen LogP contribution >= 0.6 is 0 Å². The number of rotatable bonds is 12. The van der Waals surface area contributed by atoms with Gasteiger partial charge >= 0.3 is 5.97 Å². The zero-order valence-electron chi connectivity index (χ0n) is 23.2. The number of aliphatic hydroxyl groups is 1. The van der Waals surface area contributed by atoms with Gasteiger partial charge in [-0.25, -0.2) is 4.79 Å². The van der Waals surface area contributed by atoms with Crippen molar-refractivity contribution in [3.05, 3.63) is 35.4 Å². The van der Waals surface area contributed by atoms with Crippen molar-refractivity contribution in [1.82, 2.24) is 0 Å². The molecule has 0 amide bonds. The smallest absolute Gasteiger partial charge is 0.331 e. The Labute approximate surface area is 224 Å². The number of methoxy groups -OCH3 is 3. The third kappa shape index (κ3) is 5.86. The molecule has 3 fully saturated rings. The maximum atomic E-state index is 12.9. The van der Waals surface area contributed by atoms with E-state index in [2.05, 4.69) is 26.8 Å². The summed E-state index contributed by atoms with van der Waals surface area (Å²) in [5.74, 6) is 0.733. The van der Waals surface area contributed by atoms with Crippen molar-refractivity contribution >= 4 is 12.0 Å². The summed E-state index contributed by atoms with van der Waals surface area (Å²) in [5, 5.41) is 9.08. The van der Waals surface area contributed by atoms with Gasteiger partial charge in [0.15, 0.2) is 11.5 Å². The minimum absolute atomic E-state index is 0.0360. The van der Waals surface area contributed by atoms with Crippen LogP contribution in [0.1, 0.15) is 45.6 Å². The Morgan fingerprint density at radius 2 is 1.87 bits per heavy atom. The molecule has 1 aromatic carbocycles. The molecule has 4 rings (SSSR count). The fourth-order valence-electron chi connectivity index (χ4n) is 5.71. The van der Waals surface area contributed by atoms with E-state index in [-0.39, 0.29) is 36.9 Å². The standard InChI is InChI=1S/C29H40O9/c1-18(2)7-9-23-28(3,38-23)27-26(34-6)20(11-12-29(27)17-36-29)37-24(31)10-8-19-15-21(32-4)25(35-14-13-30)22(16-19)33-5/h7-8,10,15-16,20,23,26-27,30H,9,11-14,17H2,1-6H3/t20-,23-,26-,27-,28+,29+/m1/s1. The largest absolute Gasteiger partial charge is 0.493 e. The third-order valence-corrected chi connectivity index (χ3v) is 7.74. The zero-order chi connectivity index (χ0) is 27.5. The van der Waals surface area contributed by atoms with Crippen LogP contribution in [0, 0.1) is 5.92 Å². The van der Waals surface area contributed by atoms with E-state index in [9.17, 15) is 4.79 Å². The predicted molar refractivity (Wildman–Crippen MR) is 141 cm³/mol. The summed E-state index contributed by atoms with van der Waals surface area (Å²) >= 11 is 0. The van der Waals surface area contributed by atoms with Crippen molar-refractivity contribution in [3.63, 3.8) is 0 Å². The summed E-state index contributed by atoms with van der Waals surface area (Å²) in [6.07, 6.45) is 6.83. The highest BCUT2D eigenvalue weighted by Gasteiger charge is 2.72. The highest BCUT2D eigenvalue weighted by Crippen LogP contribution is 2.59. The first-order valence-corrected chi connectivity index (χ1v) is 13.1. The number of esters is 1. The Morgan fingerprint density at radius 1 is 1.18 bits per heavy atom. The third-order valence-electron chi connectivity index (χ3n) is 7.74. The van der Waals surface area contributed by atoms with Crippen molar-refractivity contribution in [2.45, 2.75) is 69.5 Å². The maximum absolute atomic E-state index is 12.9. The van der Waals surface area contributed by atoms with Crippen LogP contribution in [0.25, 0.3) is 6.08 Å². The number of carbonyl (C=O) groups excluding carboxylic acids is 1. The minimum Gasteiger partial charge on any atom is -0.493 e. The molecule has 38 heavy (non-hydrogen) atoms. The topological polar surface area (TPSA) is 109 Å². The molecule has 1 aliphatic carbocycles. The molecule has 9 heteroatoms. The van der Waals surface area contributed by atoms with Crippen LogP contribution in [0.3, 0.4) is 0 Å². The molecule has 6 atom stereocenters. The average Bonchev–Trinajstić information content (AvgIpc) is 3.82. The van der Waals surface area contributed by atoms with Gasteiger partial charge in [0.25, 0.3) is 0 Å². The van der Waals surface area contributed by atoms with E-state index >= 15 is 0 Å². The van der Waals surface area contributed by atoms with E-state index in [1.165, 1.54) is 25.9 Å². The van der Waals surface area contributed by atoms with Gasteiger partial charge < -0.3 is 38.3 Å². The molecular formula is C29H40O9. The Kier molecular flexibility index (Phi) is 8.72. The van der Waals surface area contributed by atoms with Crippen LogP contribution in [-0.4, -0.2) is 81.7 Å². The van der Waals surface area contributed by atoms with Crippen LogP contribution in [0.15, 0.2) is 29.9 Å². The molecule has 1 spiro atoms. The number of hydrogen-bond donors (Lipinski definition) is 1. The first kappa shape index (κ1) is 28.4. The molecule has 2 saturated heterocycles. The average molecular weight is 533 g/mol. The molecule has 0 bridgehead atoms. The molecule has 1 aromatic rings. The van der Waals surface area contributed by atoms with Crippen LogP contribution in [0.2, 0.25) is 0 Å². The SMILES string of the molecule is COc1cc(C=CC(=O)O[C@@H]2CC[C@]3(CO3)[C@@H]([C@@]3(C)O[C@@H]3CC=C(C)C)[C@@H]2OC)cc(OC)c1OCCO. The molecular weight excluding hydrogens is 492 g/mol. The van der Waals surface area contributed by atoms with Crippen LogP contribution < -0.4 is 14.2 Å². The number of hydrogen-bond acceptors (Lipinski definition) is 9. The first-order valence-electron chi connectivity index (χ1n) is 13.1. The molecule has 0 unspecified atom stereocenters. The van der Waals surface area contributed by atoms with E-state index < -0.39 is 17.7 Å². The number of aliphatic hydroxyl groups excluding tert-OH is 1. The molecule has 0 radical (unpaired) electrons. The van der Waals surface area contributed by atoms with Crippen molar-refractivity contribution in [2.75, 3.05) is 41.2 Å². The van der Waals surface area contributed by atoms with Gasteiger partial charge in [0.1, 0.15) is 30.0 Å². The molecule has 3 aliphatic rings. The van der Waals surface area contributed by atoms with Gasteiger partial charge in [-0.3, -0.25) is 0 Å². The highest BCUT2D eigenvalue weighted by molar-refractivity contribution is 5.87. The second kappa shape index (κ2) is 11.7. The van der Waals surface area contributed by atoms with Gasteiger partial charge in [-0.2, -0.15) is 0 Å². The van der Waals surface area contributed by atoms with E-state index in [0.29, 0.717) is 35.8 Å². The molecule has 210 valence electrons. The van der Waals surface area contributed by atoms with Crippen LogP contribution in [-0.2, 0) is 23.7 Å². The normalized spacial score (nSPS) is 31.7. The first-order chi connectivity index (χ1) is 18.2. The van der Waals surface area contributed by atoms with Crippen LogP contribution in [0.5, 0.6) is 17.2 Å². The van der Waals surface area contributed by atoms with Crippen molar-refractivity contribution in [1.29, 1.82) is 0 Å². The monoisotopic (exact) mass is 532 g/mol. The van der Waals surface area contributed by atoms with E-state index in [4.69, 9.17) is 38.3 Å². The molecule has 1 saturated carbocycles. The Hall–Kier alpha value is -2.59. The molecule has 9 nitrogen and oxygen atoms in total. The number of carbonyl (C=O) groups is 1. The lowest BCUT2D eigenvalue weighted by Crippen LogP contribution is -2.55. The van der Waals surface area contributed by atoms with E-state index in [1.54, 1.807) is 25.3 Å². The van der Waals surface area contributed by atoms with Gasteiger partial charge in [0.2, 0.25) is 5.75 Å². The Morgan fingerprint density at radius 3 is 2.42 bits per heavy atom. The fraction of sp³-hybridized carbons (Fsp3) is 0.621. The van der Waals surface area contributed by atoms with Gasteiger partial charge in [0.05, 0.1) is 39.5 Å². The quantitative estimate of drug-likeness (QED) is 0.187. The number of allylic oxidation sites excluding steroid dienone is 1. The van der Waals surface area contributed by atoms with Crippen molar-refractivity contribution < 1.29 is 43.1 Å². The molecule has 1 N–H and O–H groups in total. The lowest BCUT2D eigenvalue weighted by Gasteiger charge is -2.42. The van der Waals surface area contributed by atoms with E-state index in [0.717, 1.165) is 12.8 Å². The molecule has 0 aromatic heterocycles. The fourth-order valence-corrected chi connectivity index (χ4v) is 5.71. The summed E-state index contributed by atoms with van der Waals surface area (Å²) in [5.41, 5.74) is 1.26. The van der Waals surface area contributed by atoms with Gasteiger partial charge in [-0.15, -0.1) is 0 Å². The predicted octanol–water partition coefficient (Wildman–Crippen LogP) is 3.71. The minimum atomic E-state index is -0.468. The van der Waals surface area contributed by atoms with E-state index in [1.807, 2.05) is 0 Å². The molecule has 2 heterocycles. The summed E-state index contributed by atoms with van der Waals surface area (Å²) in [7, 11) is 4.68. The highest BCUT2D eigenvalue weighted by atomic mass is 16.6. The second-order valence-corrected chi connectivity index (χ2v) is 10.5. The maximum Gasteiger partial charge on any atom is 0.331 e. The summed E-state index contributed by atoms with van der Waals surface area (Å²) < 4.78 is 40.5. The number of benzene rings is 1. The van der Waals surface area contributed by atoms with Crippen molar-refractivity contribution in [3.8, 4) is 17.2 Å². The molecule has 2 aliphatic heterocycles. The number of ether oxygens (including phenoxy) is 7.